The average Bonchev–Trinajstić information content (AvgIpc) is 2.96. The van der Waals surface area contributed by atoms with Crippen LogP contribution in [0.2, 0.25) is 5.02 Å². The maximum absolute atomic E-state index is 5.95. The second kappa shape index (κ2) is 8.10. The summed E-state index contributed by atoms with van der Waals surface area (Å²) in [5, 5.41) is 4.17. The molecule has 1 aromatic heterocycles. The van der Waals surface area contributed by atoms with Gasteiger partial charge < -0.3 is 14.5 Å². The molecule has 0 amide bonds. The van der Waals surface area contributed by atoms with Crippen LogP contribution in [0.25, 0.3) is 0 Å². The van der Waals surface area contributed by atoms with Crippen molar-refractivity contribution in [3.05, 3.63) is 59.0 Å². The van der Waals surface area contributed by atoms with E-state index in [9.17, 15) is 0 Å². The smallest absolute Gasteiger partial charge is 0.104 e. The van der Waals surface area contributed by atoms with Crippen LogP contribution in [-0.4, -0.2) is 26.8 Å². The van der Waals surface area contributed by atoms with Crippen LogP contribution in [0, 0.1) is 0 Å². The Morgan fingerprint density at radius 3 is 2.70 bits per heavy atom. The summed E-state index contributed by atoms with van der Waals surface area (Å²) in [6, 6.07) is 12.0. The first kappa shape index (κ1) is 15.1. The number of benzene rings is 1. The van der Waals surface area contributed by atoms with Gasteiger partial charge in [0.25, 0.3) is 0 Å². The van der Waals surface area contributed by atoms with Crippen molar-refractivity contribution in [2.75, 3.05) is 26.8 Å². The van der Waals surface area contributed by atoms with Crippen LogP contribution in [0.5, 0.6) is 0 Å². The first-order valence-corrected chi connectivity index (χ1v) is 7.15. The maximum atomic E-state index is 5.95. The molecule has 1 N–H and O–H groups in total. The van der Waals surface area contributed by atoms with E-state index in [4.69, 9.17) is 20.8 Å². The fourth-order valence-electron chi connectivity index (χ4n) is 2.16. The van der Waals surface area contributed by atoms with E-state index in [0.717, 1.165) is 30.3 Å². The Hall–Kier alpha value is -1.29. The molecule has 0 spiro atoms. The zero-order chi connectivity index (χ0) is 14.2. The SMILES string of the molecule is COCCNCC(Cc1ccco1)c1ccc(Cl)cc1. The van der Waals surface area contributed by atoms with Gasteiger partial charge in [-0.15, -0.1) is 0 Å². The molecule has 0 aliphatic carbocycles. The van der Waals surface area contributed by atoms with Gasteiger partial charge in [0.2, 0.25) is 0 Å². The number of ether oxygens (including phenoxy) is 1. The van der Waals surface area contributed by atoms with Gasteiger partial charge in [-0.25, -0.2) is 0 Å². The highest BCUT2D eigenvalue weighted by molar-refractivity contribution is 6.30. The van der Waals surface area contributed by atoms with E-state index in [1.165, 1.54) is 5.56 Å². The fraction of sp³-hybridized carbons (Fsp3) is 0.375. The standard InChI is InChI=1S/C16H20ClNO2/c1-19-10-8-18-12-14(11-16-3-2-9-20-16)13-4-6-15(17)7-5-13/h2-7,9,14,18H,8,10-12H2,1H3. The minimum Gasteiger partial charge on any atom is -0.469 e. The van der Waals surface area contributed by atoms with E-state index in [1.54, 1.807) is 13.4 Å². The lowest BCUT2D eigenvalue weighted by Crippen LogP contribution is -2.26. The Kier molecular flexibility index (Phi) is 6.12. The molecule has 0 saturated heterocycles. The fourth-order valence-corrected chi connectivity index (χ4v) is 2.29. The van der Waals surface area contributed by atoms with Crippen molar-refractivity contribution in [3.8, 4) is 0 Å². The summed E-state index contributed by atoms with van der Waals surface area (Å²) in [6.45, 7) is 2.44. The van der Waals surface area contributed by atoms with Gasteiger partial charge in [0.05, 0.1) is 12.9 Å². The summed E-state index contributed by atoms with van der Waals surface area (Å²) in [4.78, 5) is 0. The van der Waals surface area contributed by atoms with Crippen LogP contribution in [-0.2, 0) is 11.2 Å². The van der Waals surface area contributed by atoms with Gasteiger partial charge in [-0.3, -0.25) is 0 Å². The van der Waals surface area contributed by atoms with Crippen molar-refractivity contribution in [2.24, 2.45) is 0 Å². The van der Waals surface area contributed by atoms with Crippen LogP contribution in [0.4, 0.5) is 0 Å². The monoisotopic (exact) mass is 293 g/mol. The van der Waals surface area contributed by atoms with Gasteiger partial charge in [-0.05, 0) is 29.8 Å². The number of furan rings is 1. The number of hydrogen-bond acceptors (Lipinski definition) is 3. The van der Waals surface area contributed by atoms with Gasteiger partial charge in [0, 0.05) is 37.6 Å². The molecule has 1 heterocycles. The lowest BCUT2D eigenvalue weighted by atomic mass is 9.94. The van der Waals surface area contributed by atoms with E-state index in [1.807, 2.05) is 24.3 Å². The highest BCUT2D eigenvalue weighted by Gasteiger charge is 2.13. The van der Waals surface area contributed by atoms with Crippen LogP contribution in [0.3, 0.4) is 0 Å². The number of hydrogen-bond donors (Lipinski definition) is 1. The average molecular weight is 294 g/mol. The summed E-state index contributed by atoms with van der Waals surface area (Å²) in [6.07, 6.45) is 2.58. The third kappa shape index (κ3) is 4.67. The van der Waals surface area contributed by atoms with Crippen LogP contribution in [0.1, 0.15) is 17.2 Å². The van der Waals surface area contributed by atoms with Crippen molar-refractivity contribution in [1.29, 1.82) is 0 Å². The molecule has 1 aromatic carbocycles. The minimum absolute atomic E-state index is 0.357. The van der Waals surface area contributed by atoms with Crippen molar-refractivity contribution in [3.63, 3.8) is 0 Å². The first-order valence-electron chi connectivity index (χ1n) is 6.77. The predicted octanol–water partition coefficient (Wildman–Crippen LogP) is 3.50. The van der Waals surface area contributed by atoms with Gasteiger partial charge in [-0.2, -0.15) is 0 Å². The maximum Gasteiger partial charge on any atom is 0.104 e. The van der Waals surface area contributed by atoms with Crippen molar-refractivity contribution < 1.29 is 9.15 Å². The molecule has 108 valence electrons. The third-order valence-corrected chi connectivity index (χ3v) is 3.49. The highest BCUT2D eigenvalue weighted by atomic mass is 35.5. The highest BCUT2D eigenvalue weighted by Crippen LogP contribution is 2.22. The topological polar surface area (TPSA) is 34.4 Å². The van der Waals surface area contributed by atoms with Crippen LogP contribution >= 0.6 is 11.6 Å². The van der Waals surface area contributed by atoms with E-state index in [2.05, 4.69) is 17.4 Å². The van der Waals surface area contributed by atoms with Crippen molar-refractivity contribution in [2.45, 2.75) is 12.3 Å². The first-order chi connectivity index (χ1) is 9.79. The molecule has 0 aliphatic rings. The molecule has 0 bridgehead atoms. The minimum atomic E-state index is 0.357. The Bertz CT molecular complexity index is 482. The van der Waals surface area contributed by atoms with E-state index in [0.29, 0.717) is 12.5 Å². The summed E-state index contributed by atoms with van der Waals surface area (Å²) >= 11 is 5.95. The molecule has 1 unspecified atom stereocenters. The van der Waals surface area contributed by atoms with Gasteiger partial charge >= 0.3 is 0 Å². The molecule has 2 rings (SSSR count). The lowest BCUT2D eigenvalue weighted by Gasteiger charge is -2.17. The Labute approximate surface area is 124 Å². The Balaban J connectivity index is 2.00. The summed E-state index contributed by atoms with van der Waals surface area (Å²) < 4.78 is 10.5. The zero-order valence-corrected chi connectivity index (χ0v) is 12.4. The molecule has 20 heavy (non-hydrogen) atoms. The molecule has 0 radical (unpaired) electrons. The van der Waals surface area contributed by atoms with Crippen molar-refractivity contribution >= 4 is 11.6 Å². The number of halogens is 1. The lowest BCUT2D eigenvalue weighted by molar-refractivity contribution is 0.199. The summed E-state index contributed by atoms with van der Waals surface area (Å²) in [5.74, 6) is 1.36. The van der Waals surface area contributed by atoms with Gasteiger partial charge in [0.1, 0.15) is 5.76 Å². The summed E-state index contributed by atoms with van der Waals surface area (Å²) in [5.41, 5.74) is 1.26. The summed E-state index contributed by atoms with van der Waals surface area (Å²) in [7, 11) is 1.71. The van der Waals surface area contributed by atoms with Crippen LogP contribution < -0.4 is 5.32 Å². The Morgan fingerprint density at radius 1 is 1.25 bits per heavy atom. The molecule has 4 heteroatoms. The number of methoxy groups -OCH3 is 1. The van der Waals surface area contributed by atoms with Gasteiger partial charge in [0.15, 0.2) is 0 Å². The molecular weight excluding hydrogens is 274 g/mol. The number of nitrogens with one attached hydrogen (secondary N) is 1. The molecule has 0 aliphatic heterocycles. The molecular formula is C16H20ClNO2. The van der Waals surface area contributed by atoms with Crippen molar-refractivity contribution in [1.82, 2.24) is 5.32 Å². The molecule has 1 atom stereocenters. The largest absolute Gasteiger partial charge is 0.469 e. The van der Waals surface area contributed by atoms with E-state index < -0.39 is 0 Å². The van der Waals surface area contributed by atoms with E-state index in [-0.39, 0.29) is 0 Å². The number of rotatable bonds is 8. The molecule has 0 saturated carbocycles. The predicted molar refractivity (Wildman–Crippen MR) is 81.4 cm³/mol. The Morgan fingerprint density at radius 2 is 2.05 bits per heavy atom. The molecule has 0 fully saturated rings. The normalized spacial score (nSPS) is 12.5. The second-order valence-electron chi connectivity index (χ2n) is 4.73. The van der Waals surface area contributed by atoms with E-state index >= 15 is 0 Å². The quantitative estimate of drug-likeness (QED) is 0.757. The second-order valence-corrected chi connectivity index (χ2v) is 5.17. The molecule has 3 nitrogen and oxygen atoms in total. The third-order valence-electron chi connectivity index (χ3n) is 3.24. The van der Waals surface area contributed by atoms with Gasteiger partial charge in [-0.1, -0.05) is 23.7 Å². The molecule has 2 aromatic rings. The zero-order valence-electron chi connectivity index (χ0n) is 11.6. The van der Waals surface area contributed by atoms with Crippen LogP contribution in [0.15, 0.2) is 47.1 Å².